The van der Waals surface area contributed by atoms with E-state index in [0.29, 0.717) is 23.2 Å². The molecule has 0 spiro atoms. The Hall–Kier alpha value is -1.93. The first-order chi connectivity index (χ1) is 12.6. The van der Waals surface area contributed by atoms with E-state index in [1.165, 1.54) is 26.9 Å². The van der Waals surface area contributed by atoms with Crippen LogP contribution in [-0.2, 0) is 22.6 Å². The molecule has 0 aliphatic heterocycles. The van der Waals surface area contributed by atoms with Crippen molar-refractivity contribution in [2.24, 2.45) is 0 Å². The lowest BCUT2D eigenvalue weighted by molar-refractivity contribution is -0.122. The zero-order chi connectivity index (χ0) is 18.5. The van der Waals surface area contributed by atoms with E-state index in [-0.39, 0.29) is 30.6 Å². The number of carbonyl (C=O) groups is 1. The van der Waals surface area contributed by atoms with Crippen molar-refractivity contribution in [1.82, 2.24) is 14.5 Å². The summed E-state index contributed by atoms with van der Waals surface area (Å²) in [6.07, 6.45) is 6.02. The van der Waals surface area contributed by atoms with Gasteiger partial charge in [-0.1, -0.05) is 19.3 Å². The molecule has 1 aliphatic carbocycles. The quantitative estimate of drug-likeness (QED) is 0.743. The average molecular weight is 379 g/mol. The molecule has 2 aromatic rings. The van der Waals surface area contributed by atoms with E-state index >= 15 is 0 Å². The fourth-order valence-electron chi connectivity index (χ4n) is 3.51. The summed E-state index contributed by atoms with van der Waals surface area (Å²) in [5.74, 6) is -0.173. The fourth-order valence-corrected chi connectivity index (χ4v) is 4.36. The Morgan fingerprint density at radius 3 is 2.77 bits per heavy atom. The van der Waals surface area contributed by atoms with Crippen LogP contribution in [0.15, 0.2) is 21.0 Å². The summed E-state index contributed by atoms with van der Waals surface area (Å²) in [6.45, 7) is 0.688. The smallest absolute Gasteiger partial charge is 0.332 e. The Labute approximate surface area is 155 Å². The van der Waals surface area contributed by atoms with E-state index in [1.54, 1.807) is 18.6 Å². The van der Waals surface area contributed by atoms with Crippen molar-refractivity contribution in [3.8, 4) is 0 Å². The van der Waals surface area contributed by atoms with Crippen LogP contribution in [0.2, 0.25) is 0 Å². The van der Waals surface area contributed by atoms with Gasteiger partial charge in [0.25, 0.3) is 5.56 Å². The molecular weight excluding hydrogens is 354 g/mol. The normalized spacial score (nSPS) is 15.4. The van der Waals surface area contributed by atoms with Crippen LogP contribution in [0.4, 0.5) is 0 Å². The van der Waals surface area contributed by atoms with Crippen molar-refractivity contribution in [3.05, 3.63) is 32.3 Å². The third-order valence-corrected chi connectivity index (χ3v) is 5.73. The number of carbonyl (C=O) groups excluding carboxylic acids is 1. The Morgan fingerprint density at radius 1 is 1.27 bits per heavy atom. The molecular formula is C18H25N3O4S. The largest absolute Gasteiger partial charge is 0.385 e. The van der Waals surface area contributed by atoms with Gasteiger partial charge in [0.15, 0.2) is 0 Å². The van der Waals surface area contributed by atoms with Gasteiger partial charge in [-0.2, -0.15) is 0 Å². The first kappa shape index (κ1) is 18.8. The summed E-state index contributed by atoms with van der Waals surface area (Å²) < 4.78 is 8.15. The van der Waals surface area contributed by atoms with E-state index < -0.39 is 5.69 Å². The summed E-state index contributed by atoms with van der Waals surface area (Å²) >= 11 is 1.30. The Balaban J connectivity index is 1.86. The van der Waals surface area contributed by atoms with E-state index in [9.17, 15) is 14.4 Å². The first-order valence-electron chi connectivity index (χ1n) is 9.11. The summed E-state index contributed by atoms with van der Waals surface area (Å²) in [5.41, 5.74) is -0.192. The second-order valence-corrected chi connectivity index (χ2v) is 7.63. The maximum absolute atomic E-state index is 12.8. The SMILES string of the molecule is COCCCn1c(=O)c2sccc2n(CC(=O)NC2CCCCC2)c1=O. The van der Waals surface area contributed by atoms with Crippen molar-refractivity contribution in [1.29, 1.82) is 0 Å². The zero-order valence-electron chi connectivity index (χ0n) is 15.0. The molecule has 2 heterocycles. The molecule has 1 N–H and O–H groups in total. The second kappa shape index (κ2) is 8.64. The fraction of sp³-hybridized carbons (Fsp3) is 0.611. The predicted octanol–water partition coefficient (Wildman–Crippen LogP) is 1.71. The molecule has 1 fully saturated rings. The van der Waals surface area contributed by atoms with Crippen molar-refractivity contribution < 1.29 is 9.53 Å². The number of ether oxygens (including phenoxy) is 1. The summed E-state index contributed by atoms with van der Waals surface area (Å²) in [5, 5.41) is 4.81. The zero-order valence-corrected chi connectivity index (χ0v) is 15.8. The Morgan fingerprint density at radius 2 is 2.04 bits per heavy atom. The highest BCUT2D eigenvalue weighted by atomic mass is 32.1. The van der Waals surface area contributed by atoms with Crippen LogP contribution in [-0.4, -0.2) is 34.8 Å². The molecule has 0 unspecified atom stereocenters. The minimum Gasteiger partial charge on any atom is -0.385 e. The number of aromatic nitrogens is 2. The number of nitrogens with zero attached hydrogens (tertiary/aromatic N) is 2. The van der Waals surface area contributed by atoms with Crippen molar-refractivity contribution in [3.63, 3.8) is 0 Å². The highest BCUT2D eigenvalue weighted by Crippen LogP contribution is 2.18. The lowest BCUT2D eigenvalue weighted by atomic mass is 9.95. The Bertz CT molecular complexity index is 877. The van der Waals surface area contributed by atoms with Crippen molar-refractivity contribution >= 4 is 27.5 Å². The minimum atomic E-state index is -0.434. The van der Waals surface area contributed by atoms with Gasteiger partial charge in [0.2, 0.25) is 5.91 Å². The van der Waals surface area contributed by atoms with Gasteiger partial charge < -0.3 is 10.1 Å². The number of amides is 1. The van der Waals surface area contributed by atoms with Gasteiger partial charge in [-0.05, 0) is 30.7 Å². The monoisotopic (exact) mass is 379 g/mol. The van der Waals surface area contributed by atoms with Gasteiger partial charge in [0.1, 0.15) is 11.2 Å². The summed E-state index contributed by atoms with van der Waals surface area (Å²) in [7, 11) is 1.58. The molecule has 0 atom stereocenters. The van der Waals surface area contributed by atoms with Gasteiger partial charge in [-0.25, -0.2) is 4.79 Å². The highest BCUT2D eigenvalue weighted by Gasteiger charge is 2.19. The topological polar surface area (TPSA) is 82.3 Å². The molecule has 0 radical (unpaired) electrons. The van der Waals surface area contributed by atoms with Crippen LogP contribution in [0.3, 0.4) is 0 Å². The number of fused-ring (bicyclic) bond motifs is 1. The van der Waals surface area contributed by atoms with Crippen molar-refractivity contribution in [2.45, 2.75) is 57.7 Å². The average Bonchev–Trinajstić information content (AvgIpc) is 3.12. The second-order valence-electron chi connectivity index (χ2n) is 6.71. The van der Waals surface area contributed by atoms with Crippen LogP contribution in [0, 0.1) is 0 Å². The lowest BCUT2D eigenvalue weighted by Crippen LogP contribution is -2.44. The van der Waals surface area contributed by atoms with Gasteiger partial charge in [-0.3, -0.25) is 18.7 Å². The molecule has 0 saturated heterocycles. The summed E-state index contributed by atoms with van der Waals surface area (Å²) in [6, 6.07) is 1.92. The molecule has 0 bridgehead atoms. The van der Waals surface area contributed by atoms with Gasteiger partial charge in [0.05, 0.1) is 5.52 Å². The van der Waals surface area contributed by atoms with Crippen LogP contribution >= 0.6 is 11.3 Å². The number of rotatable bonds is 7. The summed E-state index contributed by atoms with van der Waals surface area (Å²) in [4.78, 5) is 37.9. The molecule has 8 heteroatoms. The van der Waals surface area contributed by atoms with E-state index in [1.807, 2.05) is 0 Å². The first-order valence-corrected chi connectivity index (χ1v) is 9.99. The van der Waals surface area contributed by atoms with Crippen LogP contribution in [0.25, 0.3) is 10.2 Å². The highest BCUT2D eigenvalue weighted by molar-refractivity contribution is 7.17. The number of methoxy groups -OCH3 is 1. The van der Waals surface area contributed by atoms with Crippen LogP contribution in [0.5, 0.6) is 0 Å². The van der Waals surface area contributed by atoms with Crippen LogP contribution in [0.1, 0.15) is 38.5 Å². The maximum atomic E-state index is 12.8. The van der Waals surface area contributed by atoms with Gasteiger partial charge >= 0.3 is 5.69 Å². The van der Waals surface area contributed by atoms with E-state index in [0.717, 1.165) is 25.7 Å². The lowest BCUT2D eigenvalue weighted by Gasteiger charge is -2.23. The molecule has 1 amide bonds. The molecule has 3 rings (SSSR count). The molecule has 0 aromatic carbocycles. The van der Waals surface area contributed by atoms with E-state index in [4.69, 9.17) is 4.74 Å². The molecule has 7 nitrogen and oxygen atoms in total. The molecule has 2 aromatic heterocycles. The van der Waals surface area contributed by atoms with Crippen LogP contribution < -0.4 is 16.6 Å². The van der Waals surface area contributed by atoms with Crippen molar-refractivity contribution in [2.75, 3.05) is 13.7 Å². The third-order valence-electron chi connectivity index (χ3n) is 4.84. The number of nitrogens with one attached hydrogen (secondary N) is 1. The molecule has 142 valence electrons. The Kier molecular flexibility index (Phi) is 6.26. The van der Waals surface area contributed by atoms with Gasteiger partial charge in [-0.15, -0.1) is 11.3 Å². The number of thiophene rings is 1. The maximum Gasteiger partial charge on any atom is 0.332 e. The molecule has 26 heavy (non-hydrogen) atoms. The van der Waals surface area contributed by atoms with E-state index in [2.05, 4.69) is 5.32 Å². The number of hydrogen-bond acceptors (Lipinski definition) is 5. The number of hydrogen-bond donors (Lipinski definition) is 1. The van der Waals surface area contributed by atoms with Gasteiger partial charge in [0, 0.05) is 26.3 Å². The predicted molar refractivity (Wildman–Crippen MR) is 102 cm³/mol. The molecule has 1 aliphatic rings. The molecule has 1 saturated carbocycles. The third kappa shape index (κ3) is 4.07. The standard InChI is InChI=1S/C18H25N3O4S/c1-25-10-5-9-20-17(23)16-14(8-11-26-16)21(18(20)24)12-15(22)19-13-6-3-2-4-7-13/h8,11,13H,2-7,9-10,12H2,1H3,(H,19,22). The minimum absolute atomic E-state index is 0.0624.